The number of benzene rings is 1. The molecule has 5 nitrogen and oxygen atoms in total. The van der Waals surface area contributed by atoms with Crippen LogP contribution in [-0.2, 0) is 6.54 Å². The average molecular weight is 312 g/mol. The lowest BCUT2D eigenvalue weighted by atomic mass is 10.2. The molecule has 6 heteroatoms. The van der Waals surface area contributed by atoms with Gasteiger partial charge in [0, 0.05) is 11.1 Å². The van der Waals surface area contributed by atoms with Crippen molar-refractivity contribution in [2.75, 3.05) is 0 Å². The van der Waals surface area contributed by atoms with Crippen LogP contribution in [0.15, 0.2) is 42.7 Å². The summed E-state index contributed by atoms with van der Waals surface area (Å²) in [6.07, 6.45) is 3.40. The molecule has 0 radical (unpaired) electrons. The predicted molar refractivity (Wildman–Crippen MR) is 86.3 cm³/mol. The van der Waals surface area contributed by atoms with E-state index in [1.165, 1.54) is 0 Å². The fourth-order valence-electron chi connectivity index (χ4n) is 2.21. The lowest BCUT2D eigenvalue weighted by Gasteiger charge is -2.05. The van der Waals surface area contributed by atoms with Gasteiger partial charge in [0.15, 0.2) is 0 Å². The highest BCUT2D eigenvalue weighted by Crippen LogP contribution is 2.15. The van der Waals surface area contributed by atoms with Gasteiger partial charge in [0.1, 0.15) is 0 Å². The molecule has 3 rings (SSSR count). The predicted octanol–water partition coefficient (Wildman–Crippen LogP) is 2.88. The number of hydrogen-bond donors (Lipinski definition) is 1. The number of nitrogens with one attached hydrogen (secondary N) is 1. The third kappa shape index (κ3) is 2.92. The molecule has 0 fully saturated rings. The van der Waals surface area contributed by atoms with Crippen LogP contribution < -0.4 is 5.32 Å². The zero-order valence-corrected chi connectivity index (χ0v) is 13.2. The zero-order valence-electron chi connectivity index (χ0n) is 12.4. The van der Waals surface area contributed by atoms with Crippen molar-refractivity contribution in [3.05, 3.63) is 63.9 Å². The Hall–Kier alpha value is -2.47. The van der Waals surface area contributed by atoms with Gasteiger partial charge in [-0.05, 0) is 26.0 Å². The molecule has 0 saturated heterocycles. The minimum absolute atomic E-state index is 0.120. The Kier molecular flexibility index (Phi) is 4.02. The molecule has 2 heterocycles. The molecule has 2 aromatic heterocycles. The number of aromatic nitrogens is 3. The van der Waals surface area contributed by atoms with E-state index in [-0.39, 0.29) is 5.91 Å². The van der Waals surface area contributed by atoms with Crippen molar-refractivity contribution in [3.8, 4) is 5.69 Å². The molecular formula is C16H16N4OS. The summed E-state index contributed by atoms with van der Waals surface area (Å²) in [7, 11) is 0. The summed E-state index contributed by atoms with van der Waals surface area (Å²) in [5, 5.41) is 8.22. The van der Waals surface area contributed by atoms with E-state index in [1.54, 1.807) is 28.4 Å². The maximum Gasteiger partial charge on any atom is 0.255 e. The minimum atomic E-state index is -0.120. The van der Waals surface area contributed by atoms with E-state index >= 15 is 0 Å². The largest absolute Gasteiger partial charge is 0.347 e. The fourth-order valence-corrected chi connectivity index (χ4v) is 2.95. The normalized spacial score (nSPS) is 10.6. The first-order valence-corrected chi connectivity index (χ1v) is 7.76. The molecule has 0 aliphatic carbocycles. The summed E-state index contributed by atoms with van der Waals surface area (Å²) in [5.41, 5.74) is 2.35. The summed E-state index contributed by atoms with van der Waals surface area (Å²) < 4.78 is 1.77. The van der Waals surface area contributed by atoms with Gasteiger partial charge in [-0.25, -0.2) is 9.67 Å². The highest BCUT2D eigenvalue weighted by molar-refractivity contribution is 7.11. The number of carbonyl (C=O) groups is 1. The van der Waals surface area contributed by atoms with Gasteiger partial charge >= 0.3 is 0 Å². The molecule has 1 N–H and O–H groups in total. The van der Waals surface area contributed by atoms with Crippen molar-refractivity contribution in [1.29, 1.82) is 0 Å². The van der Waals surface area contributed by atoms with E-state index in [9.17, 15) is 4.79 Å². The zero-order chi connectivity index (χ0) is 15.5. The Labute approximate surface area is 132 Å². The van der Waals surface area contributed by atoms with Crippen molar-refractivity contribution < 1.29 is 4.79 Å². The van der Waals surface area contributed by atoms with Gasteiger partial charge in [-0.15, -0.1) is 11.3 Å². The Morgan fingerprint density at radius 1 is 1.23 bits per heavy atom. The second-order valence-electron chi connectivity index (χ2n) is 4.92. The molecule has 1 aromatic carbocycles. The Morgan fingerprint density at radius 3 is 2.68 bits per heavy atom. The van der Waals surface area contributed by atoms with Gasteiger partial charge < -0.3 is 5.32 Å². The summed E-state index contributed by atoms with van der Waals surface area (Å²) in [6, 6.07) is 9.77. The molecule has 22 heavy (non-hydrogen) atoms. The SMILES string of the molecule is Cc1ncc(CNC(=O)c2cnn(-c3ccccc3)c2C)s1. The van der Waals surface area contributed by atoms with E-state index in [4.69, 9.17) is 0 Å². The smallest absolute Gasteiger partial charge is 0.255 e. The lowest BCUT2D eigenvalue weighted by Crippen LogP contribution is -2.22. The van der Waals surface area contributed by atoms with Crippen molar-refractivity contribution >= 4 is 17.2 Å². The van der Waals surface area contributed by atoms with Crippen LogP contribution in [0.1, 0.15) is 25.9 Å². The lowest BCUT2D eigenvalue weighted by molar-refractivity contribution is 0.0950. The van der Waals surface area contributed by atoms with Gasteiger partial charge in [-0.2, -0.15) is 5.10 Å². The minimum Gasteiger partial charge on any atom is -0.347 e. The van der Waals surface area contributed by atoms with Crippen LogP contribution in [0, 0.1) is 13.8 Å². The van der Waals surface area contributed by atoms with Crippen molar-refractivity contribution in [2.45, 2.75) is 20.4 Å². The fraction of sp³-hybridized carbons (Fsp3) is 0.188. The van der Waals surface area contributed by atoms with Crippen molar-refractivity contribution in [3.63, 3.8) is 0 Å². The number of hydrogen-bond acceptors (Lipinski definition) is 4. The molecule has 0 bridgehead atoms. The summed E-state index contributed by atoms with van der Waals surface area (Å²) in [4.78, 5) is 17.5. The average Bonchev–Trinajstić information content (AvgIpc) is 3.12. The Morgan fingerprint density at radius 2 is 2.00 bits per heavy atom. The van der Waals surface area contributed by atoms with Crippen LogP contribution in [0.3, 0.4) is 0 Å². The molecule has 0 unspecified atom stereocenters. The Balaban J connectivity index is 1.75. The maximum absolute atomic E-state index is 12.3. The number of nitrogens with zero attached hydrogens (tertiary/aromatic N) is 3. The molecule has 112 valence electrons. The number of thiazole rings is 1. The van der Waals surface area contributed by atoms with E-state index in [0.29, 0.717) is 12.1 Å². The van der Waals surface area contributed by atoms with Gasteiger partial charge in [0.2, 0.25) is 0 Å². The number of para-hydroxylation sites is 1. The quantitative estimate of drug-likeness (QED) is 0.806. The summed E-state index contributed by atoms with van der Waals surface area (Å²) in [5.74, 6) is -0.120. The number of rotatable bonds is 4. The maximum atomic E-state index is 12.3. The van der Waals surface area contributed by atoms with Crippen LogP contribution in [0.5, 0.6) is 0 Å². The molecule has 0 aliphatic heterocycles. The highest BCUT2D eigenvalue weighted by Gasteiger charge is 2.15. The second-order valence-corrected chi connectivity index (χ2v) is 6.24. The third-order valence-corrected chi connectivity index (χ3v) is 4.26. The molecule has 0 spiro atoms. The van der Waals surface area contributed by atoms with E-state index in [1.807, 2.05) is 44.2 Å². The van der Waals surface area contributed by atoms with E-state index in [0.717, 1.165) is 21.3 Å². The first kappa shape index (κ1) is 14.5. The standard InChI is InChI=1S/C16H16N4OS/c1-11-15(10-19-20(11)13-6-4-3-5-7-13)16(21)18-9-14-8-17-12(2)22-14/h3-8,10H,9H2,1-2H3,(H,18,21). The van der Waals surface area contributed by atoms with E-state index < -0.39 is 0 Å². The summed E-state index contributed by atoms with van der Waals surface area (Å²) >= 11 is 1.58. The van der Waals surface area contributed by atoms with Crippen molar-refractivity contribution in [1.82, 2.24) is 20.1 Å². The first-order valence-electron chi connectivity index (χ1n) is 6.94. The van der Waals surface area contributed by atoms with Crippen LogP contribution in [-0.4, -0.2) is 20.7 Å². The third-order valence-electron chi connectivity index (χ3n) is 3.35. The summed E-state index contributed by atoms with van der Waals surface area (Å²) in [6.45, 7) is 4.33. The Bertz CT molecular complexity index is 792. The van der Waals surface area contributed by atoms with Crippen LogP contribution in [0.4, 0.5) is 0 Å². The van der Waals surface area contributed by atoms with Gasteiger partial charge in [-0.1, -0.05) is 18.2 Å². The highest BCUT2D eigenvalue weighted by atomic mass is 32.1. The van der Waals surface area contributed by atoms with Gasteiger partial charge in [0.25, 0.3) is 5.91 Å². The molecule has 0 atom stereocenters. The first-order chi connectivity index (χ1) is 10.6. The van der Waals surface area contributed by atoms with Gasteiger partial charge in [0.05, 0.1) is 34.7 Å². The number of carbonyl (C=O) groups excluding carboxylic acids is 1. The topological polar surface area (TPSA) is 59.8 Å². The number of aryl methyl sites for hydroxylation is 1. The monoisotopic (exact) mass is 312 g/mol. The molecule has 1 amide bonds. The van der Waals surface area contributed by atoms with Gasteiger partial charge in [-0.3, -0.25) is 4.79 Å². The second kappa shape index (κ2) is 6.11. The van der Waals surface area contributed by atoms with Crippen LogP contribution in [0.25, 0.3) is 5.69 Å². The molecule has 0 aliphatic rings. The van der Waals surface area contributed by atoms with Crippen molar-refractivity contribution in [2.24, 2.45) is 0 Å². The number of amides is 1. The van der Waals surface area contributed by atoms with E-state index in [2.05, 4.69) is 15.4 Å². The van der Waals surface area contributed by atoms with Crippen LogP contribution >= 0.6 is 11.3 Å². The van der Waals surface area contributed by atoms with Crippen LogP contribution in [0.2, 0.25) is 0 Å². The molecular weight excluding hydrogens is 296 g/mol. The molecule has 3 aromatic rings. The molecule has 0 saturated carbocycles.